The van der Waals surface area contributed by atoms with Crippen LogP contribution < -0.4 is 10.2 Å². The van der Waals surface area contributed by atoms with Crippen molar-refractivity contribution in [2.24, 2.45) is 0 Å². The summed E-state index contributed by atoms with van der Waals surface area (Å²) in [5.41, 5.74) is 0.902. The Balaban J connectivity index is 2.14. The van der Waals surface area contributed by atoms with E-state index in [1.165, 1.54) is 0 Å². The number of nitrogens with one attached hydrogen (secondary N) is 1. The average Bonchev–Trinajstić information content (AvgIpc) is 2.60. The fourth-order valence-corrected chi connectivity index (χ4v) is 3.26. The molecule has 1 heterocycles. The van der Waals surface area contributed by atoms with Gasteiger partial charge >= 0.3 is 12.2 Å². The van der Waals surface area contributed by atoms with Gasteiger partial charge in [-0.1, -0.05) is 24.3 Å². The second-order valence-corrected chi connectivity index (χ2v) is 9.58. The first-order valence-electron chi connectivity index (χ1n) is 9.98. The number of anilines is 2. The normalized spacial score (nSPS) is 14.9. The number of halogens is 1. The van der Waals surface area contributed by atoms with Crippen molar-refractivity contribution < 1.29 is 19.1 Å². The van der Waals surface area contributed by atoms with Crippen LogP contribution in [0, 0.1) is 0 Å². The molecule has 0 radical (unpaired) electrons. The molecule has 1 aliphatic rings. The Kier molecular flexibility index (Phi) is 7.29. The summed E-state index contributed by atoms with van der Waals surface area (Å²) < 4.78 is 10.8. The van der Waals surface area contributed by atoms with Crippen LogP contribution in [0.5, 0.6) is 0 Å². The van der Waals surface area contributed by atoms with Crippen LogP contribution in [-0.4, -0.2) is 54.5 Å². The number of hydrogen-bond acceptors (Lipinski definition) is 5. The lowest BCUT2D eigenvalue weighted by Gasteiger charge is -2.37. The van der Waals surface area contributed by atoms with Crippen molar-refractivity contribution in [2.45, 2.75) is 52.7 Å². The molecule has 0 aliphatic carbocycles. The van der Waals surface area contributed by atoms with Crippen molar-refractivity contribution in [1.82, 2.24) is 4.90 Å². The second kappa shape index (κ2) is 9.16. The number of hydrogen-bond donors (Lipinski definition) is 1. The van der Waals surface area contributed by atoms with E-state index < -0.39 is 17.3 Å². The Bertz CT molecular complexity index is 804. The van der Waals surface area contributed by atoms with Gasteiger partial charge in [-0.25, -0.2) is 9.59 Å². The zero-order valence-corrected chi connectivity index (χ0v) is 19.4. The molecule has 0 unspecified atom stereocenters. The predicted molar refractivity (Wildman–Crippen MR) is 121 cm³/mol. The summed E-state index contributed by atoms with van der Waals surface area (Å²) in [4.78, 5) is 28.3. The number of nitrogens with zero attached hydrogens (tertiary/aromatic N) is 2. The van der Waals surface area contributed by atoms with E-state index in [2.05, 4.69) is 16.8 Å². The number of benzene rings is 1. The van der Waals surface area contributed by atoms with Crippen LogP contribution in [-0.2, 0) is 9.47 Å². The molecule has 2 amide bonds. The standard InChI is InChI=1S/C22H32ClN3O4/c1-8-15-13-16(23)18(14-17(15)24-19(27)29-21(2,3)4)25-9-11-26(12-10-25)20(28)30-22(5,6)7/h8,13-14H,1,9-12H2,2-7H3,(H,24,27). The van der Waals surface area contributed by atoms with Gasteiger partial charge in [0.05, 0.1) is 16.4 Å². The van der Waals surface area contributed by atoms with Crippen molar-refractivity contribution in [3.63, 3.8) is 0 Å². The Morgan fingerprint density at radius 2 is 1.60 bits per heavy atom. The van der Waals surface area contributed by atoms with Crippen molar-refractivity contribution in [2.75, 3.05) is 36.4 Å². The van der Waals surface area contributed by atoms with Gasteiger partial charge in [0.25, 0.3) is 0 Å². The molecular weight excluding hydrogens is 406 g/mol. The molecule has 0 bridgehead atoms. The Hall–Kier alpha value is -2.41. The summed E-state index contributed by atoms with van der Waals surface area (Å²) in [6, 6.07) is 3.57. The predicted octanol–water partition coefficient (Wildman–Crippen LogP) is 5.39. The first-order valence-corrected chi connectivity index (χ1v) is 10.4. The molecule has 0 saturated carbocycles. The fourth-order valence-electron chi connectivity index (χ4n) is 2.97. The smallest absolute Gasteiger partial charge is 0.412 e. The molecule has 1 aromatic carbocycles. The number of ether oxygens (including phenoxy) is 2. The van der Waals surface area contributed by atoms with E-state index in [0.717, 1.165) is 5.69 Å². The molecule has 30 heavy (non-hydrogen) atoms. The molecule has 1 aromatic rings. The van der Waals surface area contributed by atoms with Crippen molar-refractivity contribution in [3.8, 4) is 0 Å². The number of carbonyl (C=O) groups excluding carboxylic acids is 2. The molecule has 0 atom stereocenters. The maximum atomic E-state index is 12.3. The highest BCUT2D eigenvalue weighted by Gasteiger charge is 2.27. The van der Waals surface area contributed by atoms with Gasteiger partial charge in [0.2, 0.25) is 0 Å². The van der Waals surface area contributed by atoms with Gasteiger partial charge in [-0.2, -0.15) is 0 Å². The van der Waals surface area contributed by atoms with E-state index in [1.54, 1.807) is 37.8 Å². The van der Waals surface area contributed by atoms with E-state index in [9.17, 15) is 9.59 Å². The van der Waals surface area contributed by atoms with E-state index >= 15 is 0 Å². The lowest BCUT2D eigenvalue weighted by molar-refractivity contribution is 0.0240. The molecule has 1 N–H and O–H groups in total. The quantitative estimate of drug-likeness (QED) is 0.686. The molecule has 8 heteroatoms. The highest BCUT2D eigenvalue weighted by Crippen LogP contribution is 2.34. The summed E-state index contributed by atoms with van der Waals surface area (Å²) in [6.07, 6.45) is 0.763. The van der Waals surface area contributed by atoms with Crippen molar-refractivity contribution in [3.05, 3.63) is 29.3 Å². The molecule has 1 aliphatic heterocycles. The Morgan fingerprint density at radius 3 is 2.10 bits per heavy atom. The van der Waals surface area contributed by atoms with Crippen LogP contribution >= 0.6 is 11.6 Å². The van der Waals surface area contributed by atoms with Crippen molar-refractivity contribution in [1.29, 1.82) is 0 Å². The van der Waals surface area contributed by atoms with Crippen LogP contribution in [0.3, 0.4) is 0 Å². The molecule has 166 valence electrons. The average molecular weight is 438 g/mol. The first-order chi connectivity index (χ1) is 13.8. The second-order valence-electron chi connectivity index (χ2n) is 9.18. The summed E-state index contributed by atoms with van der Waals surface area (Å²) in [5.74, 6) is 0. The zero-order chi connectivity index (χ0) is 22.7. The van der Waals surface area contributed by atoms with Crippen molar-refractivity contribution >= 4 is 41.2 Å². The Morgan fingerprint density at radius 1 is 1.03 bits per heavy atom. The molecular formula is C22H32ClN3O4. The van der Waals surface area contributed by atoms with Crippen LogP contribution in [0.4, 0.5) is 21.0 Å². The summed E-state index contributed by atoms with van der Waals surface area (Å²) >= 11 is 6.50. The summed E-state index contributed by atoms with van der Waals surface area (Å²) in [6.45, 7) is 17.0. The van der Waals surface area contributed by atoms with E-state index in [1.807, 2.05) is 26.8 Å². The molecule has 1 saturated heterocycles. The van der Waals surface area contributed by atoms with Crippen LogP contribution in [0.25, 0.3) is 6.08 Å². The lowest BCUT2D eigenvalue weighted by Crippen LogP contribution is -2.50. The zero-order valence-electron chi connectivity index (χ0n) is 18.7. The van der Waals surface area contributed by atoms with Crippen LogP contribution in [0.1, 0.15) is 47.1 Å². The number of piperazine rings is 1. The highest BCUT2D eigenvalue weighted by atomic mass is 35.5. The van der Waals surface area contributed by atoms with Gasteiger partial charge in [0, 0.05) is 26.2 Å². The number of rotatable bonds is 3. The van der Waals surface area contributed by atoms with Gasteiger partial charge < -0.3 is 19.3 Å². The van der Waals surface area contributed by atoms with Gasteiger partial charge in [-0.3, -0.25) is 5.32 Å². The van der Waals surface area contributed by atoms with Crippen LogP contribution in [0.15, 0.2) is 18.7 Å². The number of carbonyl (C=O) groups is 2. The topological polar surface area (TPSA) is 71.1 Å². The maximum Gasteiger partial charge on any atom is 0.412 e. The maximum absolute atomic E-state index is 12.3. The molecule has 2 rings (SSSR count). The lowest BCUT2D eigenvalue weighted by atomic mass is 10.1. The number of amides is 2. The van der Waals surface area contributed by atoms with E-state index in [-0.39, 0.29) is 6.09 Å². The minimum atomic E-state index is -0.605. The SMILES string of the molecule is C=Cc1cc(Cl)c(N2CCN(C(=O)OC(C)(C)C)CC2)cc1NC(=O)OC(C)(C)C. The fraction of sp³-hybridized carbons (Fsp3) is 0.545. The third kappa shape index (κ3) is 6.83. The highest BCUT2D eigenvalue weighted by molar-refractivity contribution is 6.33. The molecule has 1 fully saturated rings. The molecule has 0 aromatic heterocycles. The van der Waals surface area contributed by atoms with Gasteiger partial charge in [0.15, 0.2) is 0 Å². The van der Waals surface area contributed by atoms with Gasteiger partial charge in [0.1, 0.15) is 11.2 Å². The van der Waals surface area contributed by atoms with E-state index in [4.69, 9.17) is 21.1 Å². The van der Waals surface area contributed by atoms with Gasteiger partial charge in [-0.05, 0) is 59.2 Å². The third-order valence-corrected chi connectivity index (χ3v) is 4.55. The summed E-state index contributed by atoms with van der Waals surface area (Å²) in [5, 5.41) is 3.32. The molecule has 7 nitrogen and oxygen atoms in total. The van der Waals surface area contributed by atoms with Gasteiger partial charge in [-0.15, -0.1) is 0 Å². The summed E-state index contributed by atoms with van der Waals surface area (Å²) in [7, 11) is 0. The largest absolute Gasteiger partial charge is 0.444 e. The molecule has 0 spiro atoms. The minimum Gasteiger partial charge on any atom is -0.444 e. The van der Waals surface area contributed by atoms with Crippen LogP contribution in [0.2, 0.25) is 5.02 Å². The minimum absolute atomic E-state index is 0.317. The third-order valence-electron chi connectivity index (χ3n) is 4.25. The monoisotopic (exact) mass is 437 g/mol. The van der Waals surface area contributed by atoms with E-state index in [0.29, 0.717) is 42.5 Å². The Labute approximate surface area is 183 Å². The first kappa shape index (κ1) is 23.9.